The van der Waals surface area contributed by atoms with Gasteiger partial charge in [0.1, 0.15) is 6.04 Å². The van der Waals surface area contributed by atoms with E-state index < -0.39 is 6.04 Å². The maximum Gasteiger partial charge on any atom is 0.243 e. The molecular weight excluding hydrogens is 559 g/mol. The number of carbonyl (C=O) groups is 2. The fraction of sp³-hybridized carbons (Fsp3) is 0.333. The van der Waals surface area contributed by atoms with Gasteiger partial charge in [-0.2, -0.15) is 0 Å². The van der Waals surface area contributed by atoms with Gasteiger partial charge in [0.25, 0.3) is 0 Å². The zero-order valence-electron chi connectivity index (χ0n) is 21.0. The van der Waals surface area contributed by atoms with E-state index in [1.807, 2.05) is 42.5 Å². The van der Waals surface area contributed by atoms with Crippen LogP contribution in [0.3, 0.4) is 0 Å². The summed E-state index contributed by atoms with van der Waals surface area (Å²) in [5, 5.41) is 5.01. The van der Waals surface area contributed by atoms with Gasteiger partial charge in [0.05, 0.1) is 5.75 Å². The lowest BCUT2D eigenvalue weighted by atomic mass is 10.0. The van der Waals surface area contributed by atoms with E-state index in [1.165, 1.54) is 11.8 Å². The van der Waals surface area contributed by atoms with Crippen LogP contribution in [0.15, 0.2) is 72.8 Å². The van der Waals surface area contributed by atoms with Gasteiger partial charge in [-0.1, -0.05) is 96.2 Å². The molecule has 0 aliphatic heterocycles. The van der Waals surface area contributed by atoms with Gasteiger partial charge in [-0.3, -0.25) is 9.59 Å². The summed E-state index contributed by atoms with van der Waals surface area (Å²) < 4.78 is 0. The molecule has 200 valence electrons. The van der Waals surface area contributed by atoms with Gasteiger partial charge < -0.3 is 10.2 Å². The Morgan fingerprint density at radius 1 is 0.868 bits per heavy atom. The largest absolute Gasteiger partial charge is 0.352 e. The van der Waals surface area contributed by atoms with Crippen LogP contribution in [-0.2, 0) is 28.3 Å². The molecule has 38 heavy (non-hydrogen) atoms. The van der Waals surface area contributed by atoms with Crippen LogP contribution in [0.2, 0.25) is 15.1 Å². The minimum Gasteiger partial charge on any atom is -0.352 e. The Balaban J connectivity index is 1.57. The van der Waals surface area contributed by atoms with Crippen molar-refractivity contribution in [3.05, 3.63) is 105 Å². The van der Waals surface area contributed by atoms with E-state index in [9.17, 15) is 9.59 Å². The SMILES string of the molecule is O=C(NC1CCCC1)[C@@H](Cc1ccccc1)N(Cc1ccc(Cl)cc1)C(=O)CSCc1c(Cl)cccc1Cl. The van der Waals surface area contributed by atoms with Gasteiger partial charge in [-0.25, -0.2) is 0 Å². The number of halogens is 3. The molecule has 0 aromatic heterocycles. The van der Waals surface area contributed by atoms with Gasteiger partial charge in [0, 0.05) is 39.8 Å². The van der Waals surface area contributed by atoms with Gasteiger partial charge in [0.15, 0.2) is 0 Å². The molecule has 1 fully saturated rings. The summed E-state index contributed by atoms with van der Waals surface area (Å²) in [6.07, 6.45) is 4.61. The summed E-state index contributed by atoms with van der Waals surface area (Å²) >= 11 is 20.2. The van der Waals surface area contributed by atoms with Crippen LogP contribution in [0.4, 0.5) is 0 Å². The Labute approximate surface area is 244 Å². The molecule has 0 radical (unpaired) electrons. The molecule has 4 rings (SSSR count). The Morgan fingerprint density at radius 3 is 2.18 bits per heavy atom. The fourth-order valence-corrected chi connectivity index (χ4v) is 6.47. The van der Waals surface area contributed by atoms with E-state index in [4.69, 9.17) is 34.8 Å². The van der Waals surface area contributed by atoms with Crippen LogP contribution in [0.1, 0.15) is 42.4 Å². The quantitative estimate of drug-likeness (QED) is 0.251. The smallest absolute Gasteiger partial charge is 0.243 e. The predicted molar refractivity (Wildman–Crippen MR) is 159 cm³/mol. The van der Waals surface area contributed by atoms with Crippen molar-refractivity contribution in [2.24, 2.45) is 0 Å². The van der Waals surface area contributed by atoms with E-state index in [2.05, 4.69) is 5.32 Å². The van der Waals surface area contributed by atoms with Gasteiger partial charge in [-0.15, -0.1) is 11.8 Å². The average Bonchev–Trinajstić information content (AvgIpc) is 3.42. The number of carbonyl (C=O) groups excluding carboxylic acids is 2. The highest BCUT2D eigenvalue weighted by molar-refractivity contribution is 7.99. The van der Waals surface area contributed by atoms with E-state index in [0.29, 0.717) is 33.8 Å². The molecule has 1 N–H and O–H groups in total. The van der Waals surface area contributed by atoms with Crippen LogP contribution in [-0.4, -0.2) is 34.6 Å². The summed E-state index contributed by atoms with van der Waals surface area (Å²) in [7, 11) is 0. The molecule has 0 bridgehead atoms. The number of rotatable bonds is 11. The van der Waals surface area contributed by atoms with Crippen molar-refractivity contribution in [2.45, 2.75) is 56.5 Å². The second-order valence-electron chi connectivity index (χ2n) is 9.54. The van der Waals surface area contributed by atoms with Crippen LogP contribution < -0.4 is 5.32 Å². The van der Waals surface area contributed by atoms with E-state index >= 15 is 0 Å². The Bertz CT molecular complexity index is 1200. The fourth-order valence-electron chi connectivity index (χ4n) is 4.70. The van der Waals surface area contributed by atoms with Crippen LogP contribution in [0, 0.1) is 0 Å². The zero-order valence-corrected chi connectivity index (χ0v) is 24.1. The summed E-state index contributed by atoms with van der Waals surface area (Å²) in [6, 6.07) is 22.1. The second-order valence-corrected chi connectivity index (χ2v) is 11.8. The first-order valence-corrected chi connectivity index (χ1v) is 15.1. The molecule has 1 atom stereocenters. The normalized spacial score (nSPS) is 14.3. The standard InChI is InChI=1S/C30H31Cl3N2O2S/c31-23-15-13-22(14-16-23)18-35(29(36)20-38-19-25-26(32)11-6-12-27(25)33)28(17-21-7-2-1-3-8-21)30(37)34-24-9-4-5-10-24/h1-3,6-8,11-16,24,28H,4-5,9-10,17-20H2,(H,34,37)/t28-/m1/s1. The highest BCUT2D eigenvalue weighted by Gasteiger charge is 2.32. The number of hydrogen-bond acceptors (Lipinski definition) is 3. The van der Waals surface area contributed by atoms with Gasteiger partial charge in [-0.05, 0) is 53.8 Å². The summed E-state index contributed by atoms with van der Waals surface area (Å²) in [6.45, 7) is 0.305. The second kappa shape index (κ2) is 14.3. The topological polar surface area (TPSA) is 49.4 Å². The highest BCUT2D eigenvalue weighted by Crippen LogP contribution is 2.29. The molecule has 3 aromatic rings. The van der Waals surface area contributed by atoms with E-state index in [-0.39, 0.29) is 23.6 Å². The van der Waals surface area contributed by atoms with Crippen molar-refractivity contribution in [3.63, 3.8) is 0 Å². The zero-order chi connectivity index (χ0) is 26.9. The number of thioether (sulfide) groups is 1. The molecule has 1 aliphatic carbocycles. The molecule has 1 aliphatic rings. The Hall–Kier alpha value is -2.18. The first-order chi connectivity index (χ1) is 18.4. The lowest BCUT2D eigenvalue weighted by Crippen LogP contribution is -2.52. The molecule has 8 heteroatoms. The Kier molecular flexibility index (Phi) is 10.8. The number of nitrogens with zero attached hydrogens (tertiary/aromatic N) is 1. The van der Waals surface area contributed by atoms with Gasteiger partial charge >= 0.3 is 0 Å². The third-order valence-electron chi connectivity index (χ3n) is 6.77. The predicted octanol–water partition coefficient (Wildman–Crippen LogP) is 7.58. The lowest BCUT2D eigenvalue weighted by molar-refractivity contribution is -0.139. The van der Waals surface area contributed by atoms with Crippen LogP contribution in [0.25, 0.3) is 0 Å². The molecule has 1 saturated carbocycles. The van der Waals surface area contributed by atoms with Crippen molar-refractivity contribution in [1.82, 2.24) is 10.2 Å². The highest BCUT2D eigenvalue weighted by atomic mass is 35.5. The summed E-state index contributed by atoms with van der Waals surface area (Å²) in [4.78, 5) is 29.2. The first kappa shape index (κ1) is 28.8. The number of benzene rings is 3. The molecule has 4 nitrogen and oxygen atoms in total. The molecule has 0 heterocycles. The average molecular weight is 590 g/mol. The summed E-state index contributed by atoms with van der Waals surface area (Å²) in [5.41, 5.74) is 2.72. The van der Waals surface area contributed by atoms with Crippen molar-refractivity contribution >= 4 is 58.4 Å². The molecule has 3 aromatic carbocycles. The molecule has 0 unspecified atom stereocenters. The Morgan fingerprint density at radius 2 is 1.53 bits per heavy atom. The first-order valence-electron chi connectivity index (χ1n) is 12.8. The van der Waals surface area contributed by atoms with Crippen LogP contribution in [0.5, 0.6) is 0 Å². The van der Waals surface area contributed by atoms with Crippen molar-refractivity contribution < 1.29 is 9.59 Å². The molecule has 0 saturated heterocycles. The maximum absolute atomic E-state index is 13.8. The summed E-state index contributed by atoms with van der Waals surface area (Å²) in [5.74, 6) is 0.464. The maximum atomic E-state index is 13.8. The van der Waals surface area contributed by atoms with Crippen LogP contribution >= 0.6 is 46.6 Å². The van der Waals surface area contributed by atoms with Gasteiger partial charge in [0.2, 0.25) is 11.8 Å². The monoisotopic (exact) mass is 588 g/mol. The number of amides is 2. The third kappa shape index (κ3) is 8.16. The lowest BCUT2D eigenvalue weighted by Gasteiger charge is -2.32. The van der Waals surface area contributed by atoms with E-state index in [0.717, 1.165) is 42.4 Å². The van der Waals surface area contributed by atoms with E-state index in [1.54, 1.807) is 35.2 Å². The number of nitrogens with one attached hydrogen (secondary N) is 1. The molecule has 2 amide bonds. The minimum atomic E-state index is -0.648. The minimum absolute atomic E-state index is 0.109. The van der Waals surface area contributed by atoms with Crippen molar-refractivity contribution in [3.8, 4) is 0 Å². The molecular formula is C30H31Cl3N2O2S. The molecule has 0 spiro atoms. The third-order valence-corrected chi connectivity index (χ3v) is 8.68. The van der Waals surface area contributed by atoms with Crippen molar-refractivity contribution in [1.29, 1.82) is 0 Å². The van der Waals surface area contributed by atoms with Crippen molar-refractivity contribution in [2.75, 3.05) is 5.75 Å². The number of hydrogen-bond donors (Lipinski definition) is 1.